The fourth-order valence-electron chi connectivity index (χ4n) is 6.72. The number of anilines is 2. The summed E-state index contributed by atoms with van der Waals surface area (Å²) in [5.74, 6) is -0.512. The van der Waals surface area contributed by atoms with E-state index < -0.39 is 5.82 Å². The number of carbonyl (C=O) groups excluding carboxylic acids is 1. The quantitative estimate of drug-likeness (QED) is 0.394. The van der Waals surface area contributed by atoms with E-state index in [1.807, 2.05) is 4.90 Å². The highest BCUT2D eigenvalue weighted by atomic mass is 35.5. The summed E-state index contributed by atoms with van der Waals surface area (Å²) in [4.78, 5) is 25.5. The number of aromatic nitrogens is 3. The third-order valence-electron chi connectivity index (χ3n) is 9.00. The number of piperazine rings is 1. The first-order valence-corrected chi connectivity index (χ1v) is 15.1. The average Bonchev–Trinajstić information content (AvgIpc) is 3.67. The smallest absolute Gasteiger partial charge is 0.246 e. The van der Waals surface area contributed by atoms with Crippen LogP contribution in [0.2, 0.25) is 5.02 Å². The van der Waals surface area contributed by atoms with Gasteiger partial charge in [-0.25, -0.2) is 9.37 Å². The zero-order chi connectivity index (χ0) is 31.0. The lowest BCUT2D eigenvalue weighted by Crippen LogP contribution is -2.55. The Labute approximate surface area is 260 Å². The fourth-order valence-corrected chi connectivity index (χ4v) is 6.99. The topological polar surface area (TPSA) is 128 Å². The van der Waals surface area contributed by atoms with E-state index in [1.54, 1.807) is 11.1 Å². The van der Waals surface area contributed by atoms with E-state index in [-0.39, 0.29) is 35.3 Å². The van der Waals surface area contributed by atoms with Crippen molar-refractivity contribution in [3.8, 4) is 18.0 Å². The lowest BCUT2D eigenvalue weighted by molar-refractivity contribution is -0.128. The Morgan fingerprint density at radius 2 is 2.09 bits per heavy atom. The lowest BCUT2D eigenvalue weighted by Gasteiger charge is -2.43. The molecule has 44 heavy (non-hydrogen) atoms. The molecular weight excluding hydrogens is 585 g/mol. The molecule has 3 aromatic rings. The monoisotopic (exact) mass is 617 g/mol. The van der Waals surface area contributed by atoms with E-state index in [2.05, 4.69) is 45.8 Å². The van der Waals surface area contributed by atoms with Gasteiger partial charge in [0, 0.05) is 49.2 Å². The van der Waals surface area contributed by atoms with E-state index in [0.717, 1.165) is 30.6 Å². The predicted octanol–water partition coefficient (Wildman–Crippen LogP) is 3.77. The molecule has 6 rings (SSSR count). The van der Waals surface area contributed by atoms with Gasteiger partial charge in [0.1, 0.15) is 29.1 Å². The van der Waals surface area contributed by atoms with Crippen molar-refractivity contribution in [3.05, 3.63) is 52.6 Å². The van der Waals surface area contributed by atoms with Crippen molar-refractivity contribution in [2.45, 2.75) is 44.3 Å². The summed E-state index contributed by atoms with van der Waals surface area (Å²) in [6.45, 7) is 7.03. The Hall–Kier alpha value is -4.39. The SMILES string of the molecule is C=CC(=O)N1CCN(c2c(C#N)c(OC[C@@H]3CCCN3C)nc3c2CCN(c2c(Cl)c(F)cc4[nH]ncc24)C3)C[C@@H]1CC#N. The number of rotatable bonds is 7. The summed E-state index contributed by atoms with van der Waals surface area (Å²) in [6.07, 6.45) is 5.64. The first-order valence-electron chi connectivity index (χ1n) is 14.7. The van der Waals surface area contributed by atoms with Crippen LogP contribution in [0.15, 0.2) is 24.9 Å². The number of ether oxygens (including phenoxy) is 1. The maximum atomic E-state index is 14.9. The summed E-state index contributed by atoms with van der Waals surface area (Å²) in [6, 6.07) is 5.76. The molecule has 1 N–H and O–H groups in total. The Kier molecular flexibility index (Phi) is 8.30. The molecule has 0 radical (unpaired) electrons. The largest absolute Gasteiger partial charge is 0.475 e. The van der Waals surface area contributed by atoms with E-state index in [4.69, 9.17) is 21.3 Å². The van der Waals surface area contributed by atoms with Gasteiger partial charge in [-0.3, -0.25) is 9.89 Å². The second-order valence-electron chi connectivity index (χ2n) is 11.5. The number of fused-ring (bicyclic) bond motifs is 2. The van der Waals surface area contributed by atoms with E-state index in [1.165, 1.54) is 12.1 Å². The third kappa shape index (κ3) is 5.29. The Morgan fingerprint density at radius 1 is 1.25 bits per heavy atom. The molecule has 1 amide bonds. The fraction of sp³-hybridized carbons (Fsp3) is 0.452. The number of pyridine rings is 1. The van der Waals surface area contributed by atoms with E-state index in [9.17, 15) is 19.7 Å². The molecule has 3 aliphatic heterocycles. The number of carbonyl (C=O) groups is 1. The Bertz CT molecular complexity index is 1700. The predicted molar refractivity (Wildman–Crippen MR) is 164 cm³/mol. The number of H-pyrrole nitrogens is 1. The van der Waals surface area contributed by atoms with Crippen LogP contribution in [0.4, 0.5) is 15.8 Å². The van der Waals surface area contributed by atoms with Gasteiger partial charge in [0.2, 0.25) is 11.8 Å². The average molecular weight is 618 g/mol. The molecule has 2 atom stereocenters. The molecule has 2 saturated heterocycles. The standard InChI is InChI=1S/C31H33ClFN9O2/c1-3-27(43)42-12-11-41(16-19(42)6-8-34)29-21-7-10-40(30-23-15-36-38-25(23)13-24(33)28(30)32)17-26(21)37-31(22(29)14-35)44-18-20-5-4-9-39(20)2/h3,13,15,19-20H,1,4-7,9-12,16-18H2,2H3,(H,36,38)/t19-,20-/m0/s1. The zero-order valence-electron chi connectivity index (χ0n) is 24.5. The summed E-state index contributed by atoms with van der Waals surface area (Å²) in [5.41, 5.74) is 3.75. The number of nitrogens with zero attached hydrogens (tertiary/aromatic N) is 8. The van der Waals surface area contributed by atoms with Gasteiger partial charge in [-0.2, -0.15) is 15.6 Å². The zero-order valence-corrected chi connectivity index (χ0v) is 25.3. The maximum absolute atomic E-state index is 14.9. The van der Waals surface area contributed by atoms with Gasteiger partial charge in [-0.1, -0.05) is 18.2 Å². The van der Waals surface area contributed by atoms with E-state index >= 15 is 0 Å². The molecule has 1 aromatic carbocycles. The van der Waals surface area contributed by atoms with Crippen LogP contribution in [-0.4, -0.2) is 89.4 Å². The number of benzene rings is 1. The minimum absolute atomic E-state index is 0.0133. The number of hydrogen-bond acceptors (Lipinski definition) is 9. The van der Waals surface area contributed by atoms with Crippen LogP contribution < -0.4 is 14.5 Å². The van der Waals surface area contributed by atoms with Gasteiger partial charge in [-0.15, -0.1) is 0 Å². The maximum Gasteiger partial charge on any atom is 0.246 e. The van der Waals surface area contributed by atoms with Crippen molar-refractivity contribution >= 4 is 39.8 Å². The number of nitrogens with one attached hydrogen (secondary N) is 1. The van der Waals surface area contributed by atoms with Crippen LogP contribution >= 0.6 is 11.6 Å². The molecule has 3 aliphatic rings. The van der Waals surface area contributed by atoms with Crippen molar-refractivity contribution in [1.82, 2.24) is 25.0 Å². The summed E-state index contributed by atoms with van der Waals surface area (Å²) in [5, 5.41) is 27.7. The van der Waals surface area contributed by atoms with Crippen LogP contribution in [-0.2, 0) is 17.8 Å². The number of likely N-dealkylation sites (N-methyl/N-ethyl adjacent to an activating group) is 1. The van der Waals surface area contributed by atoms with Crippen molar-refractivity contribution in [2.24, 2.45) is 0 Å². The highest BCUT2D eigenvalue weighted by Crippen LogP contribution is 2.42. The second kappa shape index (κ2) is 12.3. The van der Waals surface area contributed by atoms with Crippen molar-refractivity contribution in [2.75, 3.05) is 56.2 Å². The first kappa shape index (κ1) is 29.7. The molecule has 0 bridgehead atoms. The minimum Gasteiger partial charge on any atom is -0.475 e. The normalized spacial score (nSPS) is 20.3. The van der Waals surface area contributed by atoms with Crippen molar-refractivity contribution < 1.29 is 13.9 Å². The molecule has 0 saturated carbocycles. The number of halogens is 2. The van der Waals surface area contributed by atoms with Crippen LogP contribution in [0.25, 0.3) is 10.9 Å². The molecule has 2 fully saturated rings. The van der Waals surface area contributed by atoms with Gasteiger partial charge in [0.25, 0.3) is 0 Å². The molecule has 5 heterocycles. The first-order chi connectivity index (χ1) is 21.3. The van der Waals surface area contributed by atoms with Crippen molar-refractivity contribution in [3.63, 3.8) is 0 Å². The molecular formula is C31H33ClFN9O2. The van der Waals surface area contributed by atoms with Crippen LogP contribution in [0, 0.1) is 28.5 Å². The van der Waals surface area contributed by atoms with Gasteiger partial charge >= 0.3 is 0 Å². The van der Waals surface area contributed by atoms with Crippen molar-refractivity contribution in [1.29, 1.82) is 10.5 Å². The molecule has 0 aliphatic carbocycles. The van der Waals surface area contributed by atoms with Crippen LogP contribution in [0.3, 0.4) is 0 Å². The van der Waals surface area contributed by atoms with Gasteiger partial charge < -0.3 is 24.3 Å². The Morgan fingerprint density at radius 3 is 2.82 bits per heavy atom. The molecule has 2 aromatic heterocycles. The highest BCUT2D eigenvalue weighted by Gasteiger charge is 2.36. The number of amides is 1. The summed E-state index contributed by atoms with van der Waals surface area (Å²) in [7, 11) is 2.06. The second-order valence-corrected chi connectivity index (χ2v) is 11.9. The summed E-state index contributed by atoms with van der Waals surface area (Å²) < 4.78 is 21.2. The Balaban J connectivity index is 1.41. The number of nitriles is 2. The van der Waals surface area contributed by atoms with Gasteiger partial charge in [0.05, 0.1) is 53.9 Å². The van der Waals surface area contributed by atoms with Gasteiger partial charge in [-0.05, 0) is 38.9 Å². The molecule has 11 nitrogen and oxygen atoms in total. The van der Waals surface area contributed by atoms with Gasteiger partial charge in [0.15, 0.2) is 0 Å². The summed E-state index contributed by atoms with van der Waals surface area (Å²) >= 11 is 6.53. The minimum atomic E-state index is -0.544. The molecule has 0 spiro atoms. The number of hydrogen-bond donors (Lipinski definition) is 1. The lowest BCUT2D eigenvalue weighted by atomic mass is 9.96. The number of likely N-dealkylation sites (tertiary alicyclic amines) is 1. The highest BCUT2D eigenvalue weighted by molar-refractivity contribution is 6.35. The molecule has 228 valence electrons. The van der Waals surface area contributed by atoms with Crippen LogP contribution in [0.1, 0.15) is 36.1 Å². The molecule has 13 heteroatoms. The van der Waals surface area contributed by atoms with Crippen LogP contribution in [0.5, 0.6) is 5.88 Å². The van der Waals surface area contributed by atoms with E-state index in [0.29, 0.717) is 73.6 Å². The molecule has 0 unspecified atom stereocenters. The third-order valence-corrected chi connectivity index (χ3v) is 9.36. The number of aromatic amines is 1.